The molecular formula is C6H11N. The van der Waals surface area contributed by atoms with E-state index < -0.39 is 0 Å². The summed E-state index contributed by atoms with van der Waals surface area (Å²) >= 11 is 0. The van der Waals surface area contributed by atoms with Crippen LogP contribution in [0.25, 0.3) is 0 Å². The Morgan fingerprint density at radius 1 is 1.43 bits per heavy atom. The highest BCUT2D eigenvalue weighted by atomic mass is 15.0. The van der Waals surface area contributed by atoms with Gasteiger partial charge in [0.2, 0.25) is 0 Å². The first-order valence-corrected chi connectivity index (χ1v) is 2.80. The summed E-state index contributed by atoms with van der Waals surface area (Å²) in [6, 6.07) is 0. The summed E-state index contributed by atoms with van der Waals surface area (Å²) in [5.74, 6) is 0. The van der Waals surface area contributed by atoms with Gasteiger partial charge in [0.25, 0.3) is 0 Å². The summed E-state index contributed by atoms with van der Waals surface area (Å²) in [6.45, 7) is 7.08. The zero-order chi connectivity index (χ0) is 5.11. The molecule has 1 aliphatic heterocycles. The van der Waals surface area contributed by atoms with Crippen LogP contribution in [0.15, 0.2) is 0 Å². The maximum absolute atomic E-state index is 3.78. The van der Waals surface area contributed by atoms with Gasteiger partial charge in [-0.25, -0.2) is 0 Å². The maximum atomic E-state index is 3.78. The molecule has 7 heavy (non-hydrogen) atoms. The van der Waals surface area contributed by atoms with Gasteiger partial charge in [0.15, 0.2) is 0 Å². The molecule has 1 rings (SSSR count). The van der Waals surface area contributed by atoms with E-state index in [4.69, 9.17) is 0 Å². The molecule has 0 aromatic heterocycles. The van der Waals surface area contributed by atoms with Crippen LogP contribution in [0, 0.1) is 6.54 Å². The van der Waals surface area contributed by atoms with Crippen LogP contribution in [0.5, 0.6) is 0 Å². The number of hydrogen-bond donors (Lipinski definition) is 0. The summed E-state index contributed by atoms with van der Waals surface area (Å²) in [7, 11) is 0. The van der Waals surface area contributed by atoms with Crippen LogP contribution >= 0.6 is 0 Å². The topological polar surface area (TPSA) is 3.01 Å². The molecule has 40 valence electrons. The van der Waals surface area contributed by atoms with Crippen LogP contribution in [0.1, 0.15) is 19.3 Å². The normalized spacial score (nSPS) is 21.4. The van der Waals surface area contributed by atoms with E-state index in [9.17, 15) is 0 Å². The molecule has 0 amide bonds. The lowest BCUT2D eigenvalue weighted by Crippen LogP contribution is -2.12. The molecule has 0 spiro atoms. The molecule has 0 bridgehead atoms. The standard InChI is InChI=1S/C6H11N/c1-7-5-3-2-4-6-7/h5H,1-4,6H2. The Morgan fingerprint density at radius 3 is 2.57 bits per heavy atom. The molecule has 1 fully saturated rings. The average Bonchev–Trinajstić information content (AvgIpc) is 1.69. The maximum Gasteiger partial charge on any atom is 0.115 e. The Morgan fingerprint density at radius 2 is 2.29 bits per heavy atom. The molecular weight excluding hydrogens is 86.1 g/mol. The Balaban J connectivity index is 2.25. The van der Waals surface area contributed by atoms with E-state index in [1.54, 1.807) is 0 Å². The SMILES string of the molecule is C=[N+]1[CH-]CCCC1. The molecule has 1 aliphatic rings. The highest BCUT2D eigenvalue weighted by Gasteiger charge is 1.99. The lowest BCUT2D eigenvalue weighted by atomic mass is 10.2. The number of rotatable bonds is 0. The van der Waals surface area contributed by atoms with Crippen LogP contribution in [0.3, 0.4) is 0 Å². The summed E-state index contributed by atoms with van der Waals surface area (Å²) in [5.41, 5.74) is 0. The van der Waals surface area contributed by atoms with Crippen molar-refractivity contribution < 1.29 is 4.58 Å². The molecule has 0 aromatic carbocycles. The number of nitrogens with zero attached hydrogens (tertiary/aromatic N) is 1. The quantitative estimate of drug-likeness (QED) is 0.314. The lowest BCUT2D eigenvalue weighted by Gasteiger charge is -2.13. The van der Waals surface area contributed by atoms with Crippen LogP contribution in [0.2, 0.25) is 0 Å². The number of piperidine rings is 1. The first-order valence-electron chi connectivity index (χ1n) is 2.80. The lowest BCUT2D eigenvalue weighted by molar-refractivity contribution is -0.488. The molecule has 0 N–H and O–H groups in total. The van der Waals surface area contributed by atoms with Gasteiger partial charge in [0.05, 0.1) is 0 Å². The van der Waals surface area contributed by atoms with Crippen molar-refractivity contribution in [1.29, 1.82) is 0 Å². The zero-order valence-electron chi connectivity index (χ0n) is 4.56. The monoisotopic (exact) mass is 97.1 g/mol. The third kappa shape index (κ3) is 1.22. The molecule has 1 nitrogen and oxygen atoms in total. The van der Waals surface area contributed by atoms with Crippen molar-refractivity contribution in [3.05, 3.63) is 6.54 Å². The van der Waals surface area contributed by atoms with Gasteiger partial charge in [-0.2, -0.15) is 0 Å². The number of hydrogen-bond acceptors (Lipinski definition) is 0. The van der Waals surface area contributed by atoms with Crippen LogP contribution in [-0.2, 0) is 0 Å². The minimum atomic E-state index is 1.15. The second-order valence-electron chi connectivity index (χ2n) is 1.99. The summed E-state index contributed by atoms with van der Waals surface area (Å²) < 4.78 is 2.02. The molecule has 0 saturated carbocycles. The second kappa shape index (κ2) is 2.01. The highest BCUT2D eigenvalue weighted by molar-refractivity contribution is 5.15. The van der Waals surface area contributed by atoms with Gasteiger partial charge >= 0.3 is 0 Å². The summed E-state index contributed by atoms with van der Waals surface area (Å²) in [6.07, 6.45) is 3.90. The average molecular weight is 97.2 g/mol. The van der Waals surface area contributed by atoms with Gasteiger partial charge in [-0.15, -0.1) is 0 Å². The second-order valence-corrected chi connectivity index (χ2v) is 1.99. The molecule has 1 saturated heterocycles. The minimum Gasteiger partial charge on any atom is -0.372 e. The van der Waals surface area contributed by atoms with Gasteiger partial charge in [-0.05, 0) is 13.1 Å². The summed E-state index contributed by atoms with van der Waals surface area (Å²) in [5, 5.41) is 0. The molecule has 0 unspecified atom stereocenters. The predicted octanol–water partition coefficient (Wildman–Crippen LogP) is 1.05. The minimum absolute atomic E-state index is 1.15. The predicted molar refractivity (Wildman–Crippen MR) is 30.4 cm³/mol. The van der Waals surface area contributed by atoms with E-state index in [1.807, 2.05) is 4.58 Å². The molecule has 0 aromatic rings. The molecule has 1 heterocycles. The Bertz CT molecular complexity index is 68.2. The van der Waals surface area contributed by atoms with Crippen LogP contribution < -0.4 is 0 Å². The van der Waals surface area contributed by atoms with Gasteiger partial charge < -0.3 is 4.58 Å². The fourth-order valence-corrected chi connectivity index (χ4v) is 0.824. The molecule has 0 aliphatic carbocycles. The van der Waals surface area contributed by atoms with Gasteiger partial charge in [0.1, 0.15) is 6.54 Å². The van der Waals surface area contributed by atoms with Gasteiger partial charge in [-0.1, -0.05) is 6.42 Å². The largest absolute Gasteiger partial charge is 0.372 e. The Labute approximate surface area is 44.7 Å². The molecule has 1 heteroatoms. The fourth-order valence-electron chi connectivity index (χ4n) is 0.824. The third-order valence-electron chi connectivity index (χ3n) is 1.29. The first-order chi connectivity index (χ1) is 3.39. The van der Waals surface area contributed by atoms with Gasteiger partial charge in [-0.3, -0.25) is 0 Å². The zero-order valence-corrected chi connectivity index (χ0v) is 4.56. The molecule has 0 radical (unpaired) electrons. The van der Waals surface area contributed by atoms with Crippen molar-refractivity contribution in [2.24, 2.45) is 0 Å². The van der Waals surface area contributed by atoms with Crippen molar-refractivity contribution in [1.82, 2.24) is 0 Å². The Hall–Kier alpha value is -0.460. The van der Waals surface area contributed by atoms with E-state index in [0.717, 1.165) is 6.54 Å². The van der Waals surface area contributed by atoms with E-state index in [1.165, 1.54) is 19.3 Å². The van der Waals surface area contributed by atoms with E-state index in [-0.39, 0.29) is 0 Å². The van der Waals surface area contributed by atoms with E-state index in [0.29, 0.717) is 0 Å². The molecule has 0 atom stereocenters. The fraction of sp³-hybridized carbons (Fsp3) is 0.667. The first kappa shape index (κ1) is 4.69. The smallest absolute Gasteiger partial charge is 0.115 e. The van der Waals surface area contributed by atoms with Crippen LogP contribution in [0.4, 0.5) is 0 Å². The van der Waals surface area contributed by atoms with Crippen molar-refractivity contribution in [2.45, 2.75) is 19.3 Å². The van der Waals surface area contributed by atoms with Gasteiger partial charge in [0, 0.05) is 13.0 Å². The van der Waals surface area contributed by atoms with E-state index >= 15 is 0 Å². The van der Waals surface area contributed by atoms with E-state index in [2.05, 4.69) is 13.3 Å². The highest BCUT2D eigenvalue weighted by Crippen LogP contribution is 2.05. The van der Waals surface area contributed by atoms with Crippen molar-refractivity contribution in [3.63, 3.8) is 0 Å². The summed E-state index contributed by atoms with van der Waals surface area (Å²) in [4.78, 5) is 0. The van der Waals surface area contributed by atoms with Crippen LogP contribution in [-0.4, -0.2) is 17.8 Å². The van der Waals surface area contributed by atoms with Crippen molar-refractivity contribution in [3.8, 4) is 0 Å². The van der Waals surface area contributed by atoms with Crippen molar-refractivity contribution in [2.75, 3.05) is 6.54 Å². The van der Waals surface area contributed by atoms with Crippen molar-refractivity contribution >= 4 is 6.72 Å². The Kier molecular flexibility index (Phi) is 1.35. The third-order valence-corrected chi connectivity index (χ3v) is 1.29.